The van der Waals surface area contributed by atoms with E-state index in [0.29, 0.717) is 0 Å². The fourth-order valence-electron chi connectivity index (χ4n) is 2.73. The van der Waals surface area contributed by atoms with Crippen molar-refractivity contribution in [3.63, 3.8) is 0 Å². The third-order valence-corrected chi connectivity index (χ3v) is 4.06. The third-order valence-electron chi connectivity index (χ3n) is 4.06. The zero-order chi connectivity index (χ0) is 21.0. The number of nitro benzene ring substituents is 1. The first-order valence-electron chi connectivity index (χ1n) is 8.60. The molecule has 0 aliphatic heterocycles. The number of fused-ring (bicyclic) bond motifs is 1. The highest BCUT2D eigenvalue weighted by Crippen LogP contribution is 2.36. The molecule has 0 bridgehead atoms. The van der Waals surface area contributed by atoms with Crippen LogP contribution < -0.4 is 10.2 Å². The van der Waals surface area contributed by atoms with E-state index in [1.165, 1.54) is 24.4 Å². The number of benzene rings is 3. The van der Waals surface area contributed by atoms with Gasteiger partial charge in [0.1, 0.15) is 5.75 Å². The number of ether oxygens (including phenoxy) is 1. The molecular formula is C20H17N3O6. The van der Waals surface area contributed by atoms with Crippen LogP contribution >= 0.6 is 0 Å². The number of phenols is 2. The predicted molar refractivity (Wildman–Crippen MR) is 107 cm³/mol. The van der Waals surface area contributed by atoms with E-state index >= 15 is 0 Å². The maximum Gasteiger partial charge on any atom is 0.315 e. The van der Waals surface area contributed by atoms with Gasteiger partial charge in [0.2, 0.25) is 5.75 Å². The van der Waals surface area contributed by atoms with Crippen molar-refractivity contribution in [2.75, 3.05) is 6.61 Å². The number of aromatic hydroxyl groups is 2. The fourth-order valence-corrected chi connectivity index (χ4v) is 2.73. The Labute approximate surface area is 165 Å². The summed E-state index contributed by atoms with van der Waals surface area (Å²) in [5.74, 6) is -1.50. The van der Waals surface area contributed by atoms with Crippen molar-refractivity contribution in [2.24, 2.45) is 5.10 Å². The van der Waals surface area contributed by atoms with E-state index in [4.69, 9.17) is 4.74 Å². The molecule has 0 saturated carbocycles. The number of carbonyl (C=O) groups excluding carboxylic acids is 1. The van der Waals surface area contributed by atoms with E-state index in [0.717, 1.165) is 16.8 Å². The highest BCUT2D eigenvalue weighted by Gasteiger charge is 2.19. The van der Waals surface area contributed by atoms with Crippen LogP contribution in [-0.4, -0.2) is 33.9 Å². The number of rotatable bonds is 6. The number of hydrazone groups is 1. The Morgan fingerprint density at radius 3 is 2.55 bits per heavy atom. The van der Waals surface area contributed by atoms with Gasteiger partial charge in [-0.1, -0.05) is 24.3 Å². The first-order valence-corrected chi connectivity index (χ1v) is 8.60. The molecule has 0 spiro atoms. The van der Waals surface area contributed by atoms with Gasteiger partial charge in [0.15, 0.2) is 5.75 Å². The summed E-state index contributed by atoms with van der Waals surface area (Å²) in [5, 5.41) is 36.4. The lowest BCUT2D eigenvalue weighted by atomic mass is 10.1. The number of carbonyl (C=O) groups is 1. The highest BCUT2D eigenvalue weighted by atomic mass is 16.6. The van der Waals surface area contributed by atoms with Gasteiger partial charge in [-0.25, -0.2) is 5.43 Å². The second-order valence-electron chi connectivity index (χ2n) is 5.99. The molecule has 3 N–H and O–H groups in total. The van der Waals surface area contributed by atoms with Crippen LogP contribution in [0.1, 0.15) is 22.8 Å². The van der Waals surface area contributed by atoms with Crippen molar-refractivity contribution in [3.8, 4) is 17.2 Å². The van der Waals surface area contributed by atoms with Crippen LogP contribution in [0.3, 0.4) is 0 Å². The molecule has 3 aromatic rings. The molecule has 0 aromatic heterocycles. The summed E-state index contributed by atoms with van der Waals surface area (Å²) in [6, 6.07) is 12.7. The molecule has 29 heavy (non-hydrogen) atoms. The van der Waals surface area contributed by atoms with Crippen LogP contribution in [0.25, 0.3) is 10.8 Å². The van der Waals surface area contributed by atoms with Gasteiger partial charge in [0, 0.05) is 11.6 Å². The van der Waals surface area contributed by atoms with E-state index in [1.807, 2.05) is 18.2 Å². The average Bonchev–Trinajstić information content (AvgIpc) is 2.69. The van der Waals surface area contributed by atoms with Crippen molar-refractivity contribution < 1.29 is 24.7 Å². The molecule has 9 heteroatoms. The summed E-state index contributed by atoms with van der Waals surface area (Å²) in [4.78, 5) is 22.7. The smallest absolute Gasteiger partial charge is 0.315 e. The monoisotopic (exact) mass is 395 g/mol. The molecule has 0 heterocycles. The fraction of sp³-hybridized carbons (Fsp3) is 0.100. The Hall–Kier alpha value is -4.14. The van der Waals surface area contributed by atoms with Gasteiger partial charge in [-0.2, -0.15) is 5.10 Å². The minimum atomic E-state index is -0.749. The van der Waals surface area contributed by atoms with Crippen LogP contribution in [0.15, 0.2) is 53.6 Å². The number of nitrogens with zero attached hydrogens (tertiary/aromatic N) is 2. The van der Waals surface area contributed by atoms with Gasteiger partial charge in [0.05, 0.1) is 23.3 Å². The molecule has 0 aliphatic carbocycles. The Balaban J connectivity index is 1.83. The van der Waals surface area contributed by atoms with E-state index in [2.05, 4.69) is 10.5 Å². The molecule has 0 atom stereocenters. The molecule has 0 radical (unpaired) electrons. The normalized spacial score (nSPS) is 10.9. The lowest BCUT2D eigenvalue weighted by Gasteiger charge is -2.07. The van der Waals surface area contributed by atoms with Crippen molar-refractivity contribution in [2.45, 2.75) is 6.92 Å². The van der Waals surface area contributed by atoms with Gasteiger partial charge >= 0.3 is 5.69 Å². The molecule has 148 valence electrons. The number of amides is 1. The van der Waals surface area contributed by atoms with Gasteiger partial charge < -0.3 is 14.9 Å². The lowest BCUT2D eigenvalue weighted by molar-refractivity contribution is -0.386. The minimum Gasteiger partial charge on any atom is -0.507 e. The molecular weight excluding hydrogens is 378 g/mol. The van der Waals surface area contributed by atoms with Gasteiger partial charge in [-0.15, -0.1) is 0 Å². The standard InChI is InChI=1S/C20H17N3O6/c1-2-29-18-8-12(7-16(19(18)25)23(27)28)11-21-22-20(26)15-9-13-5-3-4-6-14(13)10-17(15)24/h3-11,24-25H,2H2,1H3,(H,22,26)/b21-11+. The Kier molecular flexibility index (Phi) is 5.59. The molecule has 1 amide bonds. The second kappa shape index (κ2) is 8.26. The third kappa shape index (κ3) is 4.24. The van der Waals surface area contributed by atoms with Crippen LogP contribution in [0.4, 0.5) is 5.69 Å². The summed E-state index contributed by atoms with van der Waals surface area (Å²) in [7, 11) is 0. The Morgan fingerprint density at radius 2 is 1.90 bits per heavy atom. The number of hydrogen-bond donors (Lipinski definition) is 3. The highest BCUT2D eigenvalue weighted by molar-refractivity contribution is 6.01. The van der Waals surface area contributed by atoms with Crippen molar-refractivity contribution >= 4 is 28.6 Å². The SMILES string of the molecule is CCOc1cc(/C=N/NC(=O)c2cc3ccccc3cc2O)cc([N+](=O)[O-])c1O. The zero-order valence-electron chi connectivity index (χ0n) is 15.3. The summed E-state index contributed by atoms with van der Waals surface area (Å²) in [6.45, 7) is 1.87. The largest absolute Gasteiger partial charge is 0.507 e. The molecule has 3 aromatic carbocycles. The number of hydrogen-bond acceptors (Lipinski definition) is 7. The molecule has 0 unspecified atom stereocenters. The molecule has 0 fully saturated rings. The van der Waals surface area contributed by atoms with E-state index < -0.39 is 22.3 Å². The Bertz CT molecular complexity index is 1130. The van der Waals surface area contributed by atoms with Crippen molar-refractivity contribution in [1.29, 1.82) is 0 Å². The van der Waals surface area contributed by atoms with Crippen LogP contribution in [0.2, 0.25) is 0 Å². The lowest BCUT2D eigenvalue weighted by Crippen LogP contribution is -2.17. The first kappa shape index (κ1) is 19.6. The van der Waals surface area contributed by atoms with Crippen LogP contribution in [-0.2, 0) is 0 Å². The average molecular weight is 395 g/mol. The zero-order valence-corrected chi connectivity index (χ0v) is 15.3. The van der Waals surface area contributed by atoms with E-state index in [-0.39, 0.29) is 29.2 Å². The summed E-state index contributed by atoms with van der Waals surface area (Å²) in [5.41, 5.74) is 1.99. The molecule has 9 nitrogen and oxygen atoms in total. The van der Waals surface area contributed by atoms with Crippen molar-refractivity contribution in [3.05, 3.63) is 69.8 Å². The van der Waals surface area contributed by atoms with Crippen LogP contribution in [0, 0.1) is 10.1 Å². The van der Waals surface area contributed by atoms with Crippen LogP contribution in [0.5, 0.6) is 17.2 Å². The topological polar surface area (TPSA) is 134 Å². The minimum absolute atomic E-state index is 0.0348. The maximum atomic E-state index is 12.3. The first-order chi connectivity index (χ1) is 13.9. The van der Waals surface area contributed by atoms with Gasteiger partial charge in [0.25, 0.3) is 5.91 Å². The number of nitro groups is 1. The molecule has 0 aliphatic rings. The quantitative estimate of drug-likeness (QED) is 0.333. The maximum absolute atomic E-state index is 12.3. The summed E-state index contributed by atoms with van der Waals surface area (Å²) >= 11 is 0. The van der Waals surface area contributed by atoms with Gasteiger partial charge in [-0.05, 0) is 35.9 Å². The Morgan fingerprint density at radius 1 is 1.21 bits per heavy atom. The molecule has 0 saturated heterocycles. The molecule has 3 rings (SSSR count). The van der Waals surface area contributed by atoms with Gasteiger partial charge in [-0.3, -0.25) is 14.9 Å². The second-order valence-corrected chi connectivity index (χ2v) is 5.99. The predicted octanol–water partition coefficient (Wildman–Crippen LogP) is 3.32. The van der Waals surface area contributed by atoms with Crippen molar-refractivity contribution in [1.82, 2.24) is 5.43 Å². The number of phenolic OH excluding ortho intramolecular Hbond substituents is 2. The van der Waals surface area contributed by atoms with E-state index in [1.54, 1.807) is 13.0 Å². The number of nitrogens with one attached hydrogen (secondary N) is 1. The summed E-state index contributed by atoms with van der Waals surface area (Å²) in [6.07, 6.45) is 1.17. The van der Waals surface area contributed by atoms with E-state index in [9.17, 15) is 25.1 Å². The summed E-state index contributed by atoms with van der Waals surface area (Å²) < 4.78 is 5.18.